The minimum atomic E-state index is -0.932. The molecule has 0 aliphatic carbocycles. The van der Waals surface area contributed by atoms with Crippen molar-refractivity contribution in [1.29, 1.82) is 0 Å². The smallest absolute Gasteiger partial charge is 0.341 e. The number of para-hydroxylation sites is 1. The van der Waals surface area contributed by atoms with Crippen molar-refractivity contribution in [3.8, 4) is 5.75 Å². The molecule has 0 heterocycles. The lowest BCUT2D eigenvalue weighted by Crippen LogP contribution is -2.10. The number of carboxylic acid groups (broad SMARTS) is 1. The van der Waals surface area contributed by atoms with E-state index in [2.05, 4.69) is 6.92 Å². The maximum Gasteiger partial charge on any atom is 0.341 e. The van der Waals surface area contributed by atoms with E-state index < -0.39 is 5.97 Å². The molecular weight excluding hydrogens is 288 g/mol. The molecular formula is C20H32O3. The summed E-state index contributed by atoms with van der Waals surface area (Å²) in [5.74, 6) is -0.218. The summed E-state index contributed by atoms with van der Waals surface area (Å²) in [4.78, 5) is 10.6. The Kier molecular flexibility index (Phi) is 11.0. The van der Waals surface area contributed by atoms with E-state index in [9.17, 15) is 4.79 Å². The van der Waals surface area contributed by atoms with Crippen LogP contribution in [-0.2, 0) is 11.2 Å². The Hall–Kier alpha value is -1.51. The van der Waals surface area contributed by atoms with Gasteiger partial charge in [-0.1, -0.05) is 82.9 Å². The average Bonchev–Trinajstić information content (AvgIpc) is 2.55. The molecule has 0 saturated heterocycles. The van der Waals surface area contributed by atoms with Gasteiger partial charge in [-0.05, 0) is 24.5 Å². The van der Waals surface area contributed by atoms with Gasteiger partial charge >= 0.3 is 5.97 Å². The van der Waals surface area contributed by atoms with Crippen LogP contribution in [0.2, 0.25) is 0 Å². The van der Waals surface area contributed by atoms with Crippen molar-refractivity contribution >= 4 is 5.97 Å². The van der Waals surface area contributed by atoms with E-state index in [0.29, 0.717) is 5.75 Å². The molecule has 0 aliphatic rings. The zero-order valence-corrected chi connectivity index (χ0v) is 14.6. The Morgan fingerprint density at radius 1 is 0.913 bits per heavy atom. The van der Waals surface area contributed by atoms with Crippen LogP contribution >= 0.6 is 0 Å². The van der Waals surface area contributed by atoms with Crippen LogP contribution in [0.5, 0.6) is 5.75 Å². The zero-order valence-electron chi connectivity index (χ0n) is 14.6. The van der Waals surface area contributed by atoms with Crippen molar-refractivity contribution in [3.63, 3.8) is 0 Å². The first-order valence-corrected chi connectivity index (χ1v) is 9.16. The summed E-state index contributed by atoms with van der Waals surface area (Å²) in [6, 6.07) is 7.76. The molecule has 130 valence electrons. The third kappa shape index (κ3) is 9.98. The quantitative estimate of drug-likeness (QED) is 0.453. The topological polar surface area (TPSA) is 46.5 Å². The average molecular weight is 320 g/mol. The van der Waals surface area contributed by atoms with E-state index in [1.165, 1.54) is 57.8 Å². The molecule has 0 saturated carbocycles. The number of benzene rings is 1. The standard InChI is InChI=1S/C20H32O3/c1-2-3-4-5-6-7-8-9-10-11-14-18-15-12-13-16-19(18)23-17-20(21)22/h12-13,15-16H,2-11,14,17H2,1H3,(H,21,22). The Bertz CT molecular complexity index is 429. The predicted molar refractivity (Wildman–Crippen MR) is 95.1 cm³/mol. The van der Waals surface area contributed by atoms with Gasteiger partial charge in [0.05, 0.1) is 0 Å². The molecule has 3 heteroatoms. The third-order valence-corrected chi connectivity index (χ3v) is 4.12. The Morgan fingerprint density at radius 3 is 2.09 bits per heavy atom. The van der Waals surface area contributed by atoms with Gasteiger partial charge in [0.25, 0.3) is 0 Å². The highest BCUT2D eigenvalue weighted by Gasteiger charge is 2.05. The first-order valence-electron chi connectivity index (χ1n) is 9.16. The van der Waals surface area contributed by atoms with Crippen molar-refractivity contribution in [2.24, 2.45) is 0 Å². The number of hydrogen-bond donors (Lipinski definition) is 1. The highest BCUT2D eigenvalue weighted by atomic mass is 16.5. The first-order chi connectivity index (χ1) is 11.2. The summed E-state index contributed by atoms with van der Waals surface area (Å²) in [6.07, 6.45) is 14.2. The van der Waals surface area contributed by atoms with Crippen molar-refractivity contribution in [1.82, 2.24) is 0 Å². The Morgan fingerprint density at radius 2 is 1.48 bits per heavy atom. The van der Waals surface area contributed by atoms with Gasteiger partial charge in [0.15, 0.2) is 6.61 Å². The van der Waals surface area contributed by atoms with Gasteiger partial charge in [-0.15, -0.1) is 0 Å². The second kappa shape index (κ2) is 13.0. The van der Waals surface area contributed by atoms with Crippen molar-refractivity contribution in [3.05, 3.63) is 29.8 Å². The summed E-state index contributed by atoms with van der Waals surface area (Å²) in [5, 5.41) is 8.71. The van der Waals surface area contributed by atoms with E-state index in [4.69, 9.17) is 9.84 Å². The summed E-state index contributed by atoms with van der Waals surface area (Å²) in [6.45, 7) is 1.99. The first kappa shape index (κ1) is 19.5. The number of aryl methyl sites for hydroxylation is 1. The minimum absolute atomic E-state index is 0.269. The number of hydrogen-bond acceptors (Lipinski definition) is 2. The van der Waals surface area contributed by atoms with Gasteiger partial charge < -0.3 is 9.84 Å². The maximum atomic E-state index is 10.6. The SMILES string of the molecule is CCCCCCCCCCCCc1ccccc1OCC(=O)O. The molecule has 0 radical (unpaired) electrons. The number of rotatable bonds is 14. The van der Waals surface area contributed by atoms with Crippen LogP contribution in [0.15, 0.2) is 24.3 Å². The number of carbonyl (C=O) groups is 1. The number of unbranched alkanes of at least 4 members (excludes halogenated alkanes) is 9. The summed E-state index contributed by atoms with van der Waals surface area (Å²) in [5.41, 5.74) is 1.12. The van der Waals surface area contributed by atoms with E-state index in [-0.39, 0.29) is 6.61 Å². The minimum Gasteiger partial charge on any atom is -0.482 e. The van der Waals surface area contributed by atoms with Crippen LogP contribution in [0.25, 0.3) is 0 Å². The van der Waals surface area contributed by atoms with E-state index in [1.54, 1.807) is 0 Å². The maximum absolute atomic E-state index is 10.6. The van der Waals surface area contributed by atoms with Crippen molar-refractivity contribution in [2.75, 3.05) is 6.61 Å². The molecule has 1 rings (SSSR count). The second-order valence-electron chi connectivity index (χ2n) is 6.22. The highest BCUT2D eigenvalue weighted by Crippen LogP contribution is 2.21. The van der Waals surface area contributed by atoms with E-state index >= 15 is 0 Å². The molecule has 0 spiro atoms. The summed E-state index contributed by atoms with van der Waals surface area (Å²) >= 11 is 0. The molecule has 0 amide bonds. The Labute approximate surface area is 141 Å². The molecule has 0 fully saturated rings. The third-order valence-electron chi connectivity index (χ3n) is 4.12. The van der Waals surface area contributed by atoms with Crippen molar-refractivity contribution in [2.45, 2.75) is 77.6 Å². The second-order valence-corrected chi connectivity index (χ2v) is 6.22. The largest absolute Gasteiger partial charge is 0.482 e. The van der Waals surface area contributed by atoms with Crippen molar-refractivity contribution < 1.29 is 14.6 Å². The van der Waals surface area contributed by atoms with Crippen LogP contribution in [0.3, 0.4) is 0 Å². The molecule has 1 aromatic carbocycles. The van der Waals surface area contributed by atoms with Crippen LogP contribution < -0.4 is 4.74 Å². The molecule has 1 aromatic rings. The summed E-state index contributed by atoms with van der Waals surface area (Å²) < 4.78 is 5.34. The molecule has 0 unspecified atom stereocenters. The molecule has 3 nitrogen and oxygen atoms in total. The molecule has 23 heavy (non-hydrogen) atoms. The monoisotopic (exact) mass is 320 g/mol. The highest BCUT2D eigenvalue weighted by molar-refractivity contribution is 5.68. The fraction of sp³-hybridized carbons (Fsp3) is 0.650. The van der Waals surface area contributed by atoms with E-state index in [1.807, 2.05) is 24.3 Å². The van der Waals surface area contributed by atoms with Gasteiger partial charge in [-0.25, -0.2) is 4.79 Å². The normalized spacial score (nSPS) is 10.7. The van der Waals surface area contributed by atoms with Gasteiger partial charge in [-0.2, -0.15) is 0 Å². The van der Waals surface area contributed by atoms with Crippen LogP contribution in [0.4, 0.5) is 0 Å². The number of aliphatic carboxylic acids is 1. The number of ether oxygens (including phenoxy) is 1. The lowest BCUT2D eigenvalue weighted by Gasteiger charge is -2.09. The lowest BCUT2D eigenvalue weighted by atomic mass is 10.0. The fourth-order valence-corrected chi connectivity index (χ4v) is 2.79. The van der Waals surface area contributed by atoms with Crippen LogP contribution in [0, 0.1) is 0 Å². The van der Waals surface area contributed by atoms with Crippen LogP contribution in [-0.4, -0.2) is 17.7 Å². The molecule has 0 aliphatic heterocycles. The van der Waals surface area contributed by atoms with Gasteiger partial charge in [-0.3, -0.25) is 0 Å². The predicted octanol–water partition coefficient (Wildman–Crippen LogP) is 5.61. The Balaban J connectivity index is 2.10. The summed E-state index contributed by atoms with van der Waals surface area (Å²) in [7, 11) is 0. The molecule has 0 bridgehead atoms. The zero-order chi connectivity index (χ0) is 16.8. The van der Waals surface area contributed by atoms with Gasteiger partial charge in [0, 0.05) is 0 Å². The molecule has 0 atom stereocenters. The van der Waals surface area contributed by atoms with E-state index in [0.717, 1.165) is 18.4 Å². The lowest BCUT2D eigenvalue weighted by molar-refractivity contribution is -0.139. The molecule has 1 N–H and O–H groups in total. The fourth-order valence-electron chi connectivity index (χ4n) is 2.79. The number of carboxylic acids is 1. The van der Waals surface area contributed by atoms with Gasteiger partial charge in [0.2, 0.25) is 0 Å². The van der Waals surface area contributed by atoms with Gasteiger partial charge in [0.1, 0.15) is 5.75 Å². The molecule has 0 aromatic heterocycles. The van der Waals surface area contributed by atoms with Crippen LogP contribution in [0.1, 0.15) is 76.7 Å².